The van der Waals surface area contributed by atoms with Crippen LogP contribution >= 0.6 is 0 Å². The van der Waals surface area contributed by atoms with Crippen molar-refractivity contribution in [2.75, 3.05) is 6.54 Å². The van der Waals surface area contributed by atoms with Gasteiger partial charge < -0.3 is 20.9 Å². The third-order valence-electron chi connectivity index (χ3n) is 2.81. The van der Waals surface area contributed by atoms with E-state index in [0.717, 1.165) is 12.1 Å². The fourth-order valence-electron chi connectivity index (χ4n) is 1.72. The number of hydrogen-bond acceptors (Lipinski definition) is 4. The lowest BCUT2D eigenvalue weighted by atomic mass is 10.1. The van der Waals surface area contributed by atoms with Gasteiger partial charge in [-0.2, -0.15) is 0 Å². The van der Waals surface area contributed by atoms with Crippen molar-refractivity contribution in [1.29, 1.82) is 0 Å². The summed E-state index contributed by atoms with van der Waals surface area (Å²) in [6, 6.07) is 3.06. The number of oxime groups is 1. The van der Waals surface area contributed by atoms with Crippen LogP contribution in [0.3, 0.4) is 0 Å². The largest absolute Gasteiger partial charge is 0.507 e. The van der Waals surface area contributed by atoms with Crippen LogP contribution in [-0.2, 0) is 0 Å². The molecule has 1 amide bonds. The van der Waals surface area contributed by atoms with Crippen molar-refractivity contribution in [3.63, 3.8) is 0 Å². The van der Waals surface area contributed by atoms with Crippen LogP contribution in [0.1, 0.15) is 30.6 Å². The molecule has 0 saturated carbocycles. The van der Waals surface area contributed by atoms with Gasteiger partial charge in [0.15, 0.2) is 0 Å². The van der Waals surface area contributed by atoms with Crippen molar-refractivity contribution in [2.45, 2.75) is 26.3 Å². The Labute approximate surface area is 116 Å². The van der Waals surface area contributed by atoms with Crippen LogP contribution in [0.4, 0.5) is 4.39 Å². The summed E-state index contributed by atoms with van der Waals surface area (Å²) in [5.74, 6) is -1.47. The van der Waals surface area contributed by atoms with Crippen molar-refractivity contribution in [3.8, 4) is 5.75 Å². The molecule has 0 saturated heterocycles. The normalized spacial score (nSPS) is 11.7. The van der Waals surface area contributed by atoms with Gasteiger partial charge in [-0.05, 0) is 26.0 Å². The van der Waals surface area contributed by atoms with Crippen LogP contribution in [0.2, 0.25) is 0 Å². The zero-order valence-corrected chi connectivity index (χ0v) is 11.4. The zero-order valence-electron chi connectivity index (χ0n) is 11.4. The third kappa shape index (κ3) is 3.84. The lowest BCUT2D eigenvalue weighted by Crippen LogP contribution is -2.39. The van der Waals surface area contributed by atoms with Gasteiger partial charge in [-0.15, -0.1) is 0 Å². The number of nitrogens with zero attached hydrogens (tertiary/aromatic N) is 2. The van der Waals surface area contributed by atoms with E-state index in [1.54, 1.807) is 13.8 Å². The van der Waals surface area contributed by atoms with E-state index < -0.39 is 17.5 Å². The fourth-order valence-corrected chi connectivity index (χ4v) is 1.72. The van der Waals surface area contributed by atoms with E-state index in [-0.39, 0.29) is 30.4 Å². The number of rotatable bonds is 5. The van der Waals surface area contributed by atoms with Crippen molar-refractivity contribution in [2.24, 2.45) is 10.9 Å². The van der Waals surface area contributed by atoms with Gasteiger partial charge in [0.25, 0.3) is 5.91 Å². The van der Waals surface area contributed by atoms with E-state index in [1.807, 2.05) is 0 Å². The van der Waals surface area contributed by atoms with Gasteiger partial charge in [-0.3, -0.25) is 4.79 Å². The molecule has 110 valence electrons. The van der Waals surface area contributed by atoms with E-state index in [0.29, 0.717) is 0 Å². The number of amidine groups is 1. The van der Waals surface area contributed by atoms with Crippen LogP contribution in [-0.4, -0.2) is 39.5 Å². The molecule has 6 nitrogen and oxygen atoms in total. The molecular weight excluding hydrogens is 265 g/mol. The van der Waals surface area contributed by atoms with Gasteiger partial charge in [-0.1, -0.05) is 5.16 Å². The first-order chi connectivity index (χ1) is 9.36. The van der Waals surface area contributed by atoms with E-state index in [2.05, 4.69) is 5.16 Å². The van der Waals surface area contributed by atoms with Crippen LogP contribution < -0.4 is 5.73 Å². The molecule has 0 heterocycles. The number of phenols is 1. The maximum atomic E-state index is 12.9. The molecule has 0 fully saturated rings. The molecule has 1 aromatic rings. The van der Waals surface area contributed by atoms with Crippen molar-refractivity contribution in [3.05, 3.63) is 29.6 Å². The zero-order chi connectivity index (χ0) is 15.3. The van der Waals surface area contributed by atoms with Gasteiger partial charge in [-0.25, -0.2) is 4.39 Å². The second-order valence-electron chi connectivity index (χ2n) is 4.60. The predicted molar refractivity (Wildman–Crippen MR) is 72.3 cm³/mol. The SMILES string of the molecule is CC(C)N(CC/C(N)=N/O)C(=O)c1ccc(F)cc1O. The molecule has 7 heteroatoms. The Balaban J connectivity index is 2.94. The Kier molecular flexibility index (Phi) is 5.31. The maximum absolute atomic E-state index is 12.9. The molecule has 0 bridgehead atoms. The Morgan fingerprint density at radius 1 is 1.50 bits per heavy atom. The van der Waals surface area contributed by atoms with Crippen molar-refractivity contribution in [1.82, 2.24) is 4.90 Å². The first kappa shape index (κ1) is 15.7. The monoisotopic (exact) mass is 283 g/mol. The highest BCUT2D eigenvalue weighted by Gasteiger charge is 2.21. The summed E-state index contributed by atoms with van der Waals surface area (Å²) in [7, 11) is 0. The summed E-state index contributed by atoms with van der Waals surface area (Å²) in [5.41, 5.74) is 5.39. The highest BCUT2D eigenvalue weighted by atomic mass is 19.1. The summed E-state index contributed by atoms with van der Waals surface area (Å²) in [4.78, 5) is 13.8. The predicted octanol–water partition coefficient (Wildman–Crippen LogP) is 1.52. The minimum Gasteiger partial charge on any atom is -0.507 e. The van der Waals surface area contributed by atoms with E-state index in [4.69, 9.17) is 10.9 Å². The highest BCUT2D eigenvalue weighted by molar-refractivity contribution is 5.97. The Morgan fingerprint density at radius 3 is 2.65 bits per heavy atom. The minimum absolute atomic E-state index is 0.00628. The Morgan fingerprint density at radius 2 is 2.15 bits per heavy atom. The van der Waals surface area contributed by atoms with Crippen molar-refractivity contribution >= 4 is 11.7 Å². The number of aromatic hydroxyl groups is 1. The summed E-state index contributed by atoms with van der Waals surface area (Å²) in [6.45, 7) is 3.82. The first-order valence-electron chi connectivity index (χ1n) is 6.12. The van der Waals surface area contributed by atoms with Gasteiger partial charge in [0.2, 0.25) is 0 Å². The molecule has 1 rings (SSSR count). The first-order valence-corrected chi connectivity index (χ1v) is 6.12. The summed E-state index contributed by atoms with van der Waals surface area (Å²) in [6.07, 6.45) is 0.197. The number of benzene rings is 1. The lowest BCUT2D eigenvalue weighted by Gasteiger charge is -2.27. The summed E-state index contributed by atoms with van der Waals surface area (Å²) in [5, 5.41) is 21.0. The Bertz CT molecular complexity index is 518. The average Bonchev–Trinajstić information content (AvgIpc) is 2.37. The molecule has 0 aliphatic carbocycles. The second-order valence-corrected chi connectivity index (χ2v) is 4.60. The van der Waals surface area contributed by atoms with Gasteiger partial charge in [0, 0.05) is 25.1 Å². The van der Waals surface area contributed by atoms with Crippen LogP contribution in [0.15, 0.2) is 23.4 Å². The van der Waals surface area contributed by atoms with E-state index in [9.17, 15) is 14.3 Å². The molecule has 0 radical (unpaired) electrons. The van der Waals surface area contributed by atoms with E-state index in [1.165, 1.54) is 11.0 Å². The molecular formula is C13H18FN3O3. The van der Waals surface area contributed by atoms with E-state index >= 15 is 0 Å². The molecule has 0 spiro atoms. The molecule has 1 aromatic carbocycles. The highest BCUT2D eigenvalue weighted by Crippen LogP contribution is 2.21. The van der Waals surface area contributed by atoms with Gasteiger partial charge >= 0.3 is 0 Å². The third-order valence-corrected chi connectivity index (χ3v) is 2.81. The maximum Gasteiger partial charge on any atom is 0.257 e. The summed E-state index contributed by atoms with van der Waals surface area (Å²) < 4.78 is 12.9. The van der Waals surface area contributed by atoms with Crippen molar-refractivity contribution < 1.29 is 19.5 Å². The molecule has 4 N–H and O–H groups in total. The number of phenolic OH excluding ortho intramolecular Hbond substituents is 1. The average molecular weight is 283 g/mol. The smallest absolute Gasteiger partial charge is 0.257 e. The van der Waals surface area contributed by atoms with Crippen LogP contribution in [0, 0.1) is 5.82 Å². The van der Waals surface area contributed by atoms with Crippen LogP contribution in [0.5, 0.6) is 5.75 Å². The van der Waals surface area contributed by atoms with Gasteiger partial charge in [0.05, 0.1) is 5.56 Å². The molecule has 0 aromatic heterocycles. The number of halogens is 1. The fraction of sp³-hybridized carbons (Fsp3) is 0.385. The number of nitrogens with two attached hydrogens (primary N) is 1. The summed E-state index contributed by atoms with van der Waals surface area (Å²) >= 11 is 0. The van der Waals surface area contributed by atoms with Crippen LogP contribution in [0.25, 0.3) is 0 Å². The molecule has 0 atom stereocenters. The number of hydrogen-bond donors (Lipinski definition) is 3. The standard InChI is InChI=1S/C13H18FN3O3/c1-8(2)17(6-5-12(15)16-20)13(19)10-4-3-9(14)7-11(10)18/h3-4,7-8,18,20H,5-6H2,1-2H3,(H2,15,16). The lowest BCUT2D eigenvalue weighted by molar-refractivity contribution is 0.0708. The Hall–Kier alpha value is -2.31. The number of amides is 1. The quantitative estimate of drug-likeness (QED) is 0.330. The molecule has 0 aliphatic heterocycles. The number of carbonyl (C=O) groups is 1. The molecule has 20 heavy (non-hydrogen) atoms. The molecule has 0 unspecified atom stereocenters. The van der Waals surface area contributed by atoms with Gasteiger partial charge in [0.1, 0.15) is 17.4 Å². The number of carbonyl (C=O) groups excluding carboxylic acids is 1. The second kappa shape index (κ2) is 6.74. The topological polar surface area (TPSA) is 99.1 Å². The molecule has 0 aliphatic rings. The minimum atomic E-state index is -0.619.